The number of fused-ring (bicyclic) bond motifs is 2. The van der Waals surface area contributed by atoms with Crippen LogP contribution < -0.4 is 9.47 Å². The lowest BCUT2D eigenvalue weighted by atomic mass is 10.1. The van der Waals surface area contributed by atoms with Crippen LogP contribution in [-0.4, -0.2) is 16.2 Å². The first-order valence-corrected chi connectivity index (χ1v) is 7.55. The Hall–Kier alpha value is -1.72. The number of ether oxygens (including phenoxy) is 2. The van der Waals surface area contributed by atoms with Crippen LogP contribution in [0.3, 0.4) is 0 Å². The first-order chi connectivity index (χ1) is 9.76. The summed E-state index contributed by atoms with van der Waals surface area (Å²) in [6.45, 7) is 2.39. The van der Waals surface area contributed by atoms with E-state index in [-0.39, 0.29) is 6.79 Å². The minimum atomic E-state index is 0.290. The van der Waals surface area contributed by atoms with E-state index >= 15 is 0 Å². The van der Waals surface area contributed by atoms with Crippen molar-refractivity contribution in [3.8, 4) is 22.8 Å². The molecule has 0 bridgehead atoms. The summed E-state index contributed by atoms with van der Waals surface area (Å²) in [6, 6.07) is 6.00. The smallest absolute Gasteiger partial charge is 0.231 e. The van der Waals surface area contributed by atoms with Crippen molar-refractivity contribution in [2.45, 2.75) is 12.8 Å². The SMILES string of the molecule is Cc1sc2nc(CCl)cn2c1-c1ccc2c(c1)OCO2. The molecule has 1 aromatic carbocycles. The molecule has 1 aliphatic heterocycles. The van der Waals surface area contributed by atoms with Gasteiger partial charge in [0.05, 0.1) is 17.3 Å². The summed E-state index contributed by atoms with van der Waals surface area (Å²) in [5.74, 6) is 2.01. The highest BCUT2D eigenvalue weighted by Gasteiger charge is 2.18. The van der Waals surface area contributed by atoms with Crippen molar-refractivity contribution in [3.05, 3.63) is 35.0 Å². The van der Waals surface area contributed by atoms with Gasteiger partial charge in [0.2, 0.25) is 6.79 Å². The third-order valence-corrected chi connectivity index (χ3v) is 4.57. The molecule has 0 unspecified atom stereocenters. The Labute approximate surface area is 124 Å². The molecule has 2 aromatic heterocycles. The number of halogens is 1. The van der Waals surface area contributed by atoms with Gasteiger partial charge in [-0.1, -0.05) is 0 Å². The Kier molecular flexibility index (Phi) is 2.65. The third kappa shape index (κ3) is 1.70. The molecule has 102 valence electrons. The van der Waals surface area contributed by atoms with Crippen molar-refractivity contribution in [1.29, 1.82) is 0 Å². The van der Waals surface area contributed by atoms with Gasteiger partial charge in [-0.25, -0.2) is 4.98 Å². The maximum absolute atomic E-state index is 5.86. The standard InChI is InChI=1S/C14H11ClN2O2S/c1-8-13(17-6-10(5-15)16-14(17)20-8)9-2-3-11-12(4-9)19-7-18-11/h2-4,6H,5,7H2,1H3. The second kappa shape index (κ2) is 4.40. The minimum Gasteiger partial charge on any atom is -0.454 e. The largest absolute Gasteiger partial charge is 0.454 e. The number of alkyl halides is 1. The van der Waals surface area contributed by atoms with Crippen LogP contribution in [0.15, 0.2) is 24.4 Å². The molecule has 0 radical (unpaired) electrons. The van der Waals surface area contributed by atoms with Crippen LogP contribution >= 0.6 is 22.9 Å². The summed E-state index contributed by atoms with van der Waals surface area (Å²) in [5.41, 5.74) is 3.11. The molecule has 20 heavy (non-hydrogen) atoms. The number of rotatable bonds is 2. The minimum absolute atomic E-state index is 0.290. The van der Waals surface area contributed by atoms with E-state index < -0.39 is 0 Å². The molecule has 0 fully saturated rings. The Balaban J connectivity index is 1.92. The molecule has 1 aliphatic rings. The number of thiazole rings is 1. The molecular weight excluding hydrogens is 296 g/mol. The fourth-order valence-electron chi connectivity index (χ4n) is 2.45. The monoisotopic (exact) mass is 306 g/mol. The number of aryl methyl sites for hydroxylation is 1. The predicted molar refractivity (Wildman–Crippen MR) is 78.9 cm³/mol. The Morgan fingerprint density at radius 1 is 1.35 bits per heavy atom. The Morgan fingerprint density at radius 2 is 2.20 bits per heavy atom. The molecule has 0 aliphatic carbocycles. The predicted octanol–water partition coefficient (Wildman–Crippen LogP) is 3.84. The second-order valence-corrected chi connectivity index (χ2v) is 6.04. The van der Waals surface area contributed by atoms with E-state index in [0.717, 1.165) is 33.4 Å². The highest BCUT2D eigenvalue weighted by atomic mass is 35.5. The fraction of sp³-hybridized carbons (Fsp3) is 0.214. The number of imidazole rings is 1. The van der Waals surface area contributed by atoms with E-state index in [2.05, 4.69) is 16.3 Å². The quantitative estimate of drug-likeness (QED) is 0.675. The molecule has 4 nitrogen and oxygen atoms in total. The molecule has 0 saturated carbocycles. The zero-order chi connectivity index (χ0) is 13.7. The summed E-state index contributed by atoms with van der Waals surface area (Å²) in [5, 5.41) is 0. The van der Waals surface area contributed by atoms with Crippen molar-refractivity contribution in [1.82, 2.24) is 9.38 Å². The molecule has 0 atom stereocenters. The van der Waals surface area contributed by atoms with E-state index in [1.165, 1.54) is 4.88 Å². The summed E-state index contributed by atoms with van der Waals surface area (Å²) >= 11 is 7.53. The van der Waals surface area contributed by atoms with Crippen molar-refractivity contribution >= 4 is 27.9 Å². The summed E-state index contributed by atoms with van der Waals surface area (Å²) in [4.78, 5) is 6.68. The lowest BCUT2D eigenvalue weighted by Crippen LogP contribution is -1.92. The van der Waals surface area contributed by atoms with Gasteiger partial charge in [0.25, 0.3) is 0 Å². The molecule has 0 spiro atoms. The summed E-state index contributed by atoms with van der Waals surface area (Å²) in [7, 11) is 0. The maximum Gasteiger partial charge on any atom is 0.231 e. The van der Waals surface area contributed by atoms with E-state index in [4.69, 9.17) is 21.1 Å². The molecule has 3 heterocycles. The highest BCUT2D eigenvalue weighted by Crippen LogP contribution is 2.38. The van der Waals surface area contributed by atoms with Crippen molar-refractivity contribution in [2.24, 2.45) is 0 Å². The molecule has 6 heteroatoms. The van der Waals surface area contributed by atoms with Crippen LogP contribution in [0.2, 0.25) is 0 Å². The van der Waals surface area contributed by atoms with Gasteiger partial charge in [-0.15, -0.1) is 22.9 Å². The van der Waals surface area contributed by atoms with Gasteiger partial charge in [0, 0.05) is 16.6 Å². The molecule has 0 N–H and O–H groups in total. The number of hydrogen-bond donors (Lipinski definition) is 0. The van der Waals surface area contributed by atoms with Crippen molar-refractivity contribution in [3.63, 3.8) is 0 Å². The van der Waals surface area contributed by atoms with Crippen LogP contribution in [-0.2, 0) is 5.88 Å². The Bertz CT molecular complexity index is 809. The van der Waals surface area contributed by atoms with Gasteiger partial charge >= 0.3 is 0 Å². The summed E-state index contributed by atoms with van der Waals surface area (Å²) < 4.78 is 12.9. The van der Waals surface area contributed by atoms with Crippen molar-refractivity contribution in [2.75, 3.05) is 6.79 Å². The van der Waals surface area contributed by atoms with Gasteiger partial charge in [-0.2, -0.15) is 0 Å². The lowest BCUT2D eigenvalue weighted by Gasteiger charge is -2.04. The fourth-order valence-corrected chi connectivity index (χ4v) is 3.57. The first-order valence-electron chi connectivity index (χ1n) is 6.19. The molecule has 4 rings (SSSR count). The maximum atomic E-state index is 5.86. The average Bonchev–Trinajstić information content (AvgIpc) is 3.10. The van der Waals surface area contributed by atoms with Gasteiger partial charge in [-0.05, 0) is 25.1 Å². The normalized spacial score (nSPS) is 13.3. The van der Waals surface area contributed by atoms with Crippen LogP contribution in [0, 0.1) is 6.92 Å². The lowest BCUT2D eigenvalue weighted by molar-refractivity contribution is 0.174. The molecule has 0 saturated heterocycles. The molecule has 0 amide bonds. The van der Waals surface area contributed by atoms with E-state index in [1.54, 1.807) is 11.3 Å². The highest BCUT2D eigenvalue weighted by molar-refractivity contribution is 7.17. The second-order valence-electron chi connectivity index (χ2n) is 4.59. The van der Waals surface area contributed by atoms with Gasteiger partial charge in [0.1, 0.15) is 0 Å². The average molecular weight is 307 g/mol. The molecule has 3 aromatic rings. The van der Waals surface area contributed by atoms with E-state index in [1.807, 2.05) is 24.4 Å². The first kappa shape index (κ1) is 12.1. The van der Waals surface area contributed by atoms with Gasteiger partial charge in [-0.3, -0.25) is 4.40 Å². The number of nitrogens with zero attached hydrogens (tertiary/aromatic N) is 2. The number of hydrogen-bond acceptors (Lipinski definition) is 4. The van der Waals surface area contributed by atoms with E-state index in [9.17, 15) is 0 Å². The third-order valence-electron chi connectivity index (χ3n) is 3.33. The summed E-state index contributed by atoms with van der Waals surface area (Å²) in [6.07, 6.45) is 1.99. The number of benzene rings is 1. The zero-order valence-electron chi connectivity index (χ0n) is 10.7. The van der Waals surface area contributed by atoms with Gasteiger partial charge in [0.15, 0.2) is 16.5 Å². The zero-order valence-corrected chi connectivity index (χ0v) is 12.3. The number of aromatic nitrogens is 2. The molecular formula is C14H11ClN2O2S. The van der Waals surface area contributed by atoms with Crippen LogP contribution in [0.1, 0.15) is 10.6 Å². The van der Waals surface area contributed by atoms with Crippen LogP contribution in [0.4, 0.5) is 0 Å². The topological polar surface area (TPSA) is 35.8 Å². The van der Waals surface area contributed by atoms with Crippen LogP contribution in [0.5, 0.6) is 11.5 Å². The Morgan fingerprint density at radius 3 is 3.05 bits per heavy atom. The van der Waals surface area contributed by atoms with Crippen molar-refractivity contribution < 1.29 is 9.47 Å². The van der Waals surface area contributed by atoms with Crippen LogP contribution in [0.25, 0.3) is 16.2 Å². The van der Waals surface area contributed by atoms with E-state index in [0.29, 0.717) is 5.88 Å². The van der Waals surface area contributed by atoms with Gasteiger partial charge < -0.3 is 9.47 Å².